The molecule has 0 saturated heterocycles. The molecule has 0 fully saturated rings. The molecule has 0 aromatic heterocycles. The van der Waals surface area contributed by atoms with E-state index in [2.05, 4.69) is 21.2 Å². The molecule has 4 nitrogen and oxygen atoms in total. The van der Waals surface area contributed by atoms with Gasteiger partial charge in [-0.15, -0.1) is 0 Å². The van der Waals surface area contributed by atoms with Gasteiger partial charge in [-0.3, -0.25) is 4.79 Å². The van der Waals surface area contributed by atoms with Crippen molar-refractivity contribution in [3.8, 4) is 0 Å². The molecule has 1 amide bonds. The SMILES string of the molecule is CC(C)(C)C(=O)Nc1c(Br)cccc1C(=O)O. The Bertz CT molecular complexity index is 463. The lowest BCUT2D eigenvalue weighted by atomic mass is 9.95. The molecule has 1 rings (SSSR count). The molecule has 0 radical (unpaired) electrons. The highest BCUT2D eigenvalue weighted by Crippen LogP contribution is 2.28. The fourth-order valence-electron chi connectivity index (χ4n) is 1.13. The molecule has 5 heteroatoms. The smallest absolute Gasteiger partial charge is 0.337 e. The summed E-state index contributed by atoms with van der Waals surface area (Å²) in [6.07, 6.45) is 0. The van der Waals surface area contributed by atoms with Gasteiger partial charge in [-0.25, -0.2) is 4.79 Å². The van der Waals surface area contributed by atoms with Gasteiger partial charge >= 0.3 is 5.97 Å². The molecule has 0 bridgehead atoms. The third kappa shape index (κ3) is 3.30. The quantitative estimate of drug-likeness (QED) is 0.881. The third-order valence-electron chi connectivity index (χ3n) is 2.16. The molecule has 1 aromatic rings. The lowest BCUT2D eigenvalue weighted by Gasteiger charge is -2.19. The van der Waals surface area contributed by atoms with Gasteiger partial charge in [0, 0.05) is 9.89 Å². The maximum absolute atomic E-state index is 11.8. The number of hydrogen-bond acceptors (Lipinski definition) is 2. The number of carboxylic acid groups (broad SMARTS) is 1. The van der Waals surface area contributed by atoms with Crippen molar-refractivity contribution < 1.29 is 14.7 Å². The number of hydrogen-bond donors (Lipinski definition) is 2. The molecule has 0 heterocycles. The maximum atomic E-state index is 11.8. The molecule has 2 N–H and O–H groups in total. The summed E-state index contributed by atoms with van der Waals surface area (Å²) < 4.78 is 0.551. The van der Waals surface area contributed by atoms with E-state index in [1.165, 1.54) is 6.07 Å². The molecule has 92 valence electrons. The second kappa shape index (κ2) is 4.87. The van der Waals surface area contributed by atoms with Crippen molar-refractivity contribution in [1.82, 2.24) is 0 Å². The van der Waals surface area contributed by atoms with Gasteiger partial charge in [-0.2, -0.15) is 0 Å². The largest absolute Gasteiger partial charge is 0.478 e. The Morgan fingerprint density at radius 1 is 1.29 bits per heavy atom. The Balaban J connectivity index is 3.14. The third-order valence-corrected chi connectivity index (χ3v) is 2.82. The number of benzene rings is 1. The molecule has 0 spiro atoms. The van der Waals surface area contributed by atoms with E-state index in [1.807, 2.05) is 0 Å². The minimum atomic E-state index is -1.07. The van der Waals surface area contributed by atoms with Crippen molar-refractivity contribution in [3.63, 3.8) is 0 Å². The fourth-order valence-corrected chi connectivity index (χ4v) is 1.60. The number of anilines is 1. The molecular weight excluding hydrogens is 286 g/mol. The number of amides is 1. The van der Waals surface area contributed by atoms with Crippen molar-refractivity contribution in [2.24, 2.45) is 5.41 Å². The number of carbonyl (C=O) groups is 2. The van der Waals surface area contributed by atoms with Crippen LogP contribution in [0, 0.1) is 5.41 Å². The minimum absolute atomic E-state index is 0.0666. The van der Waals surface area contributed by atoms with E-state index in [1.54, 1.807) is 32.9 Å². The first-order valence-electron chi connectivity index (χ1n) is 5.06. The average Bonchev–Trinajstić information content (AvgIpc) is 2.18. The van der Waals surface area contributed by atoms with Crippen LogP contribution >= 0.6 is 15.9 Å². The van der Waals surface area contributed by atoms with Gasteiger partial charge in [-0.1, -0.05) is 26.8 Å². The van der Waals surface area contributed by atoms with E-state index in [-0.39, 0.29) is 11.5 Å². The number of rotatable bonds is 2. The molecule has 0 aliphatic carbocycles. The van der Waals surface area contributed by atoms with Gasteiger partial charge in [0.05, 0.1) is 11.3 Å². The Kier molecular flexibility index (Phi) is 3.93. The molecular formula is C12H14BrNO3. The van der Waals surface area contributed by atoms with Gasteiger partial charge in [0.25, 0.3) is 0 Å². The van der Waals surface area contributed by atoms with Crippen LogP contribution in [0.3, 0.4) is 0 Å². The van der Waals surface area contributed by atoms with Crippen molar-refractivity contribution in [2.45, 2.75) is 20.8 Å². The first kappa shape index (κ1) is 13.7. The van der Waals surface area contributed by atoms with Gasteiger partial charge in [0.2, 0.25) is 5.91 Å². The second-order valence-electron chi connectivity index (χ2n) is 4.67. The average molecular weight is 300 g/mol. The molecule has 0 aliphatic heterocycles. The zero-order valence-corrected chi connectivity index (χ0v) is 11.5. The van der Waals surface area contributed by atoms with Crippen LogP contribution in [0.1, 0.15) is 31.1 Å². The van der Waals surface area contributed by atoms with E-state index >= 15 is 0 Å². The Labute approximate surface area is 108 Å². The molecule has 17 heavy (non-hydrogen) atoms. The van der Waals surface area contributed by atoms with Crippen molar-refractivity contribution >= 4 is 33.5 Å². The molecule has 0 saturated carbocycles. The van der Waals surface area contributed by atoms with Gasteiger partial charge in [-0.05, 0) is 28.1 Å². The van der Waals surface area contributed by atoms with Crippen LogP contribution in [0.25, 0.3) is 0 Å². The van der Waals surface area contributed by atoms with Crippen molar-refractivity contribution in [1.29, 1.82) is 0 Å². The summed E-state index contributed by atoms with van der Waals surface area (Å²) >= 11 is 3.23. The minimum Gasteiger partial charge on any atom is -0.478 e. The highest BCUT2D eigenvalue weighted by atomic mass is 79.9. The van der Waals surface area contributed by atoms with E-state index in [0.717, 1.165) is 0 Å². The number of aromatic carboxylic acids is 1. The number of nitrogens with one attached hydrogen (secondary N) is 1. The first-order chi connectivity index (χ1) is 7.73. The highest BCUT2D eigenvalue weighted by Gasteiger charge is 2.24. The summed E-state index contributed by atoms with van der Waals surface area (Å²) in [5.41, 5.74) is -0.220. The summed E-state index contributed by atoms with van der Waals surface area (Å²) in [5.74, 6) is -1.30. The lowest BCUT2D eigenvalue weighted by Crippen LogP contribution is -2.28. The summed E-state index contributed by atoms with van der Waals surface area (Å²) in [5, 5.41) is 11.7. The summed E-state index contributed by atoms with van der Waals surface area (Å²) in [4.78, 5) is 22.9. The van der Waals surface area contributed by atoms with Crippen LogP contribution in [0.5, 0.6) is 0 Å². The second-order valence-corrected chi connectivity index (χ2v) is 5.53. The van der Waals surface area contributed by atoms with Gasteiger partial charge in [0.15, 0.2) is 0 Å². The van der Waals surface area contributed by atoms with Crippen LogP contribution < -0.4 is 5.32 Å². The van der Waals surface area contributed by atoms with Crippen LogP contribution in [-0.2, 0) is 4.79 Å². The number of carbonyl (C=O) groups excluding carboxylic acids is 1. The monoisotopic (exact) mass is 299 g/mol. The molecule has 1 aromatic carbocycles. The van der Waals surface area contributed by atoms with Crippen LogP contribution in [-0.4, -0.2) is 17.0 Å². The van der Waals surface area contributed by atoms with E-state index in [9.17, 15) is 9.59 Å². The van der Waals surface area contributed by atoms with Crippen LogP contribution in [0.4, 0.5) is 5.69 Å². The fraction of sp³-hybridized carbons (Fsp3) is 0.333. The van der Waals surface area contributed by atoms with Crippen LogP contribution in [0.15, 0.2) is 22.7 Å². The zero-order chi connectivity index (χ0) is 13.2. The molecule has 0 unspecified atom stereocenters. The predicted molar refractivity (Wildman–Crippen MR) is 69.2 cm³/mol. The Hall–Kier alpha value is -1.36. The van der Waals surface area contributed by atoms with E-state index in [4.69, 9.17) is 5.11 Å². The van der Waals surface area contributed by atoms with Gasteiger partial charge < -0.3 is 10.4 Å². The normalized spacial score (nSPS) is 11.1. The lowest BCUT2D eigenvalue weighted by molar-refractivity contribution is -0.123. The zero-order valence-electron chi connectivity index (χ0n) is 9.87. The first-order valence-corrected chi connectivity index (χ1v) is 5.86. The molecule has 0 aliphatic rings. The number of halogens is 1. The number of para-hydroxylation sites is 1. The topological polar surface area (TPSA) is 66.4 Å². The Morgan fingerprint density at radius 3 is 2.35 bits per heavy atom. The van der Waals surface area contributed by atoms with E-state index < -0.39 is 11.4 Å². The van der Waals surface area contributed by atoms with Crippen molar-refractivity contribution in [2.75, 3.05) is 5.32 Å². The maximum Gasteiger partial charge on any atom is 0.337 e. The molecule has 0 atom stereocenters. The highest BCUT2D eigenvalue weighted by molar-refractivity contribution is 9.10. The summed E-state index contributed by atoms with van der Waals surface area (Å²) in [6.45, 7) is 5.29. The van der Waals surface area contributed by atoms with Crippen LogP contribution in [0.2, 0.25) is 0 Å². The van der Waals surface area contributed by atoms with E-state index in [0.29, 0.717) is 10.2 Å². The Morgan fingerprint density at radius 2 is 1.88 bits per heavy atom. The van der Waals surface area contributed by atoms with Crippen molar-refractivity contribution in [3.05, 3.63) is 28.2 Å². The van der Waals surface area contributed by atoms with Gasteiger partial charge in [0.1, 0.15) is 0 Å². The summed E-state index contributed by atoms with van der Waals surface area (Å²) in [6, 6.07) is 4.75. The standard InChI is InChI=1S/C12H14BrNO3/c1-12(2,3)11(17)14-9-7(10(15)16)5-4-6-8(9)13/h4-6H,1-3H3,(H,14,17)(H,15,16). The predicted octanol–water partition coefficient (Wildman–Crippen LogP) is 3.13. The number of carboxylic acids is 1. The summed E-state index contributed by atoms with van der Waals surface area (Å²) in [7, 11) is 0.